The smallest absolute Gasteiger partial charge is 0.252 e. The molecule has 0 atom stereocenters. The van der Waals surface area contributed by atoms with Crippen molar-refractivity contribution in [3.63, 3.8) is 0 Å². The monoisotopic (exact) mass is 317 g/mol. The van der Waals surface area contributed by atoms with Crippen LogP contribution in [0.3, 0.4) is 0 Å². The Kier molecular flexibility index (Phi) is 3.76. The maximum absolute atomic E-state index is 11.8. The van der Waals surface area contributed by atoms with Gasteiger partial charge in [-0.05, 0) is 37.5 Å². The van der Waals surface area contributed by atoms with Crippen LogP contribution in [0.2, 0.25) is 5.02 Å². The molecule has 17 heavy (non-hydrogen) atoms. The summed E-state index contributed by atoms with van der Waals surface area (Å²) in [7, 11) is 0. The Morgan fingerprint density at radius 2 is 2.24 bits per heavy atom. The summed E-state index contributed by atoms with van der Waals surface area (Å²) in [5.74, 6) is -0.247. The van der Waals surface area contributed by atoms with Crippen LogP contribution in [0.15, 0.2) is 22.7 Å². The van der Waals surface area contributed by atoms with Gasteiger partial charge in [-0.2, -0.15) is 0 Å². The first-order valence-electron chi connectivity index (χ1n) is 5.46. The summed E-state index contributed by atoms with van der Waals surface area (Å²) in [6, 6.07) is 5.10. The maximum atomic E-state index is 11.8. The molecular formula is C12H13BrClNO2. The summed E-state index contributed by atoms with van der Waals surface area (Å²) >= 11 is 9.25. The highest BCUT2D eigenvalue weighted by Crippen LogP contribution is 2.30. The number of benzene rings is 1. The third kappa shape index (κ3) is 3.00. The number of hydrogen-bond acceptors (Lipinski definition) is 2. The van der Waals surface area contributed by atoms with E-state index in [1.165, 1.54) is 0 Å². The van der Waals surface area contributed by atoms with Crippen LogP contribution in [-0.4, -0.2) is 23.2 Å². The third-order valence-electron chi connectivity index (χ3n) is 3.04. The molecule has 5 heteroatoms. The van der Waals surface area contributed by atoms with E-state index in [1.54, 1.807) is 18.2 Å². The second kappa shape index (κ2) is 4.96. The molecule has 1 aliphatic rings. The molecule has 1 aliphatic carbocycles. The highest BCUT2D eigenvalue weighted by atomic mass is 79.9. The second-order valence-electron chi connectivity index (χ2n) is 4.38. The molecule has 1 amide bonds. The van der Waals surface area contributed by atoms with Crippen molar-refractivity contribution in [1.29, 1.82) is 0 Å². The minimum absolute atomic E-state index is 0.247. The fraction of sp³-hybridized carbons (Fsp3) is 0.417. The van der Waals surface area contributed by atoms with Crippen molar-refractivity contribution in [2.75, 3.05) is 6.54 Å². The molecule has 0 heterocycles. The van der Waals surface area contributed by atoms with Crippen LogP contribution < -0.4 is 5.32 Å². The van der Waals surface area contributed by atoms with E-state index in [4.69, 9.17) is 11.6 Å². The van der Waals surface area contributed by atoms with E-state index in [9.17, 15) is 9.90 Å². The Balaban J connectivity index is 1.99. The molecule has 0 saturated heterocycles. The van der Waals surface area contributed by atoms with Gasteiger partial charge in [0, 0.05) is 11.0 Å². The van der Waals surface area contributed by atoms with Crippen molar-refractivity contribution in [2.24, 2.45) is 0 Å². The lowest BCUT2D eigenvalue weighted by molar-refractivity contribution is -0.0300. The molecule has 1 fully saturated rings. The Morgan fingerprint density at radius 3 is 2.76 bits per heavy atom. The molecule has 2 N–H and O–H groups in total. The number of rotatable bonds is 3. The second-order valence-corrected chi connectivity index (χ2v) is 5.71. The number of hydrogen-bond donors (Lipinski definition) is 2. The summed E-state index contributed by atoms with van der Waals surface area (Å²) < 4.78 is 0.830. The fourth-order valence-electron chi connectivity index (χ4n) is 1.78. The Morgan fingerprint density at radius 1 is 1.53 bits per heavy atom. The number of amides is 1. The summed E-state index contributed by atoms with van der Waals surface area (Å²) in [5, 5.41) is 13.0. The molecule has 1 aromatic rings. The number of aliphatic hydroxyl groups is 1. The highest BCUT2D eigenvalue weighted by molar-refractivity contribution is 9.10. The summed E-state index contributed by atoms with van der Waals surface area (Å²) in [6.07, 6.45) is 2.52. The van der Waals surface area contributed by atoms with Crippen LogP contribution in [-0.2, 0) is 0 Å². The van der Waals surface area contributed by atoms with Gasteiger partial charge in [-0.3, -0.25) is 4.79 Å². The lowest BCUT2D eigenvalue weighted by atomic mass is 9.80. The van der Waals surface area contributed by atoms with Gasteiger partial charge in [-0.15, -0.1) is 0 Å². The first-order valence-corrected chi connectivity index (χ1v) is 6.63. The normalized spacial score (nSPS) is 17.4. The molecule has 0 unspecified atom stereocenters. The standard InChI is InChI=1S/C12H13BrClNO2/c13-8-2-3-9(10(14)6-8)11(16)15-7-12(17)4-1-5-12/h2-3,6,17H,1,4-5,7H2,(H,15,16). The lowest BCUT2D eigenvalue weighted by Gasteiger charge is -2.36. The van der Waals surface area contributed by atoms with E-state index < -0.39 is 5.60 Å². The van der Waals surface area contributed by atoms with E-state index >= 15 is 0 Å². The molecule has 0 aliphatic heterocycles. The number of carbonyl (C=O) groups is 1. The van der Waals surface area contributed by atoms with Gasteiger partial charge in [0.2, 0.25) is 0 Å². The van der Waals surface area contributed by atoms with Crippen LogP contribution in [0.5, 0.6) is 0 Å². The average molecular weight is 319 g/mol. The largest absolute Gasteiger partial charge is 0.388 e. The summed E-state index contributed by atoms with van der Waals surface area (Å²) in [4.78, 5) is 11.8. The minimum Gasteiger partial charge on any atom is -0.388 e. The van der Waals surface area contributed by atoms with E-state index in [0.717, 1.165) is 23.7 Å². The third-order valence-corrected chi connectivity index (χ3v) is 3.84. The van der Waals surface area contributed by atoms with Gasteiger partial charge in [-0.1, -0.05) is 27.5 Å². The molecule has 1 saturated carbocycles. The molecule has 92 valence electrons. The van der Waals surface area contributed by atoms with Crippen molar-refractivity contribution < 1.29 is 9.90 Å². The Hall–Kier alpha value is -0.580. The SMILES string of the molecule is O=C(NCC1(O)CCC1)c1ccc(Br)cc1Cl. The zero-order valence-electron chi connectivity index (χ0n) is 9.17. The Bertz CT molecular complexity index is 446. The first-order chi connectivity index (χ1) is 8.00. The van der Waals surface area contributed by atoms with Crippen LogP contribution >= 0.6 is 27.5 Å². The van der Waals surface area contributed by atoms with E-state index in [-0.39, 0.29) is 12.5 Å². The molecule has 0 aromatic heterocycles. The van der Waals surface area contributed by atoms with Crippen LogP contribution in [0, 0.1) is 0 Å². The van der Waals surface area contributed by atoms with Crippen LogP contribution in [0.4, 0.5) is 0 Å². The molecule has 1 aromatic carbocycles. The summed E-state index contributed by atoms with van der Waals surface area (Å²) in [5.41, 5.74) is -0.282. The topological polar surface area (TPSA) is 49.3 Å². The van der Waals surface area contributed by atoms with E-state index in [1.807, 2.05) is 0 Å². The van der Waals surface area contributed by atoms with E-state index in [0.29, 0.717) is 10.6 Å². The number of carbonyl (C=O) groups excluding carboxylic acids is 1. The quantitative estimate of drug-likeness (QED) is 0.900. The van der Waals surface area contributed by atoms with Crippen molar-refractivity contribution in [1.82, 2.24) is 5.32 Å². The zero-order valence-corrected chi connectivity index (χ0v) is 11.5. The van der Waals surface area contributed by atoms with Crippen molar-refractivity contribution in [2.45, 2.75) is 24.9 Å². The van der Waals surface area contributed by atoms with Gasteiger partial charge < -0.3 is 10.4 Å². The molecule has 3 nitrogen and oxygen atoms in total. The number of nitrogens with one attached hydrogen (secondary N) is 1. The average Bonchev–Trinajstić information content (AvgIpc) is 2.23. The maximum Gasteiger partial charge on any atom is 0.252 e. The highest BCUT2D eigenvalue weighted by Gasteiger charge is 2.34. The van der Waals surface area contributed by atoms with Crippen LogP contribution in [0.25, 0.3) is 0 Å². The predicted octanol–water partition coefficient (Wildman–Crippen LogP) is 2.75. The van der Waals surface area contributed by atoms with Crippen molar-refractivity contribution >= 4 is 33.4 Å². The number of halogens is 2. The van der Waals surface area contributed by atoms with Gasteiger partial charge in [0.05, 0.1) is 16.2 Å². The van der Waals surface area contributed by atoms with Gasteiger partial charge in [0.15, 0.2) is 0 Å². The van der Waals surface area contributed by atoms with Crippen LogP contribution in [0.1, 0.15) is 29.6 Å². The van der Waals surface area contributed by atoms with E-state index in [2.05, 4.69) is 21.2 Å². The first kappa shape index (κ1) is 12.9. The lowest BCUT2D eigenvalue weighted by Crippen LogP contribution is -2.47. The fourth-order valence-corrected chi connectivity index (χ4v) is 2.53. The van der Waals surface area contributed by atoms with Gasteiger partial charge in [0.25, 0.3) is 5.91 Å². The molecule has 0 bridgehead atoms. The van der Waals surface area contributed by atoms with Crippen molar-refractivity contribution in [3.05, 3.63) is 33.3 Å². The van der Waals surface area contributed by atoms with Gasteiger partial charge in [0.1, 0.15) is 0 Å². The van der Waals surface area contributed by atoms with Gasteiger partial charge >= 0.3 is 0 Å². The summed E-state index contributed by atoms with van der Waals surface area (Å²) in [6.45, 7) is 0.290. The molecule has 0 radical (unpaired) electrons. The predicted molar refractivity (Wildman–Crippen MR) is 70.3 cm³/mol. The molecule has 0 spiro atoms. The molecule has 2 rings (SSSR count). The molecular weight excluding hydrogens is 305 g/mol. The van der Waals surface area contributed by atoms with Crippen molar-refractivity contribution in [3.8, 4) is 0 Å². The zero-order chi connectivity index (χ0) is 12.5. The Labute approximate surface area is 113 Å². The minimum atomic E-state index is -0.711. The van der Waals surface area contributed by atoms with Gasteiger partial charge in [-0.25, -0.2) is 0 Å².